The number of esters is 1. The van der Waals surface area contributed by atoms with Crippen molar-refractivity contribution < 1.29 is 18.8 Å². The molecule has 2 aromatic carbocycles. The highest BCUT2D eigenvalue weighted by Gasteiger charge is 2.49. The summed E-state index contributed by atoms with van der Waals surface area (Å²) in [7, 11) is -0.971. The number of hydrogen-bond acceptors (Lipinski definition) is 4. The van der Waals surface area contributed by atoms with Crippen LogP contribution in [-0.2, 0) is 18.8 Å². The van der Waals surface area contributed by atoms with Crippen LogP contribution >= 0.6 is 0 Å². The van der Waals surface area contributed by atoms with Crippen LogP contribution in [0, 0.1) is 0 Å². The molecule has 0 aliphatic rings. The third kappa shape index (κ3) is 17.8. The van der Waals surface area contributed by atoms with E-state index in [0.717, 1.165) is 58.0 Å². The Morgan fingerprint density at radius 3 is 1.37 bits per heavy atom. The normalized spacial score (nSPS) is 12.1. The summed E-state index contributed by atoms with van der Waals surface area (Å²) in [6, 6.07) is 21.8. The molecule has 0 bridgehead atoms. The predicted molar refractivity (Wildman–Crippen MR) is 211 cm³/mol. The van der Waals surface area contributed by atoms with Crippen LogP contribution in [0.1, 0.15) is 162 Å². The van der Waals surface area contributed by atoms with Gasteiger partial charge < -0.3 is 9.16 Å². The number of unbranched alkanes of at least 4 members (excludes halogenated alkanes) is 16. The average Bonchev–Trinajstić information content (AvgIpc) is 3.10. The summed E-state index contributed by atoms with van der Waals surface area (Å²) in [6.45, 7) is 7.82. The summed E-state index contributed by atoms with van der Waals surface area (Å²) < 4.78 is 11.7. The molecule has 0 N–H and O–H groups in total. The minimum atomic E-state index is -2.43. The third-order valence-electron chi connectivity index (χ3n) is 9.81. The molecule has 274 valence electrons. The largest absolute Gasteiger partial charge is 0.469 e. The van der Waals surface area contributed by atoms with E-state index < -0.39 is 8.32 Å². The van der Waals surface area contributed by atoms with Crippen LogP contribution in [0.15, 0.2) is 72.8 Å². The number of benzene rings is 2. The maximum absolute atomic E-state index is 12.4. The molecule has 2 rings (SSSR count). The highest BCUT2D eigenvalue weighted by molar-refractivity contribution is 6.99. The van der Waals surface area contributed by atoms with E-state index in [9.17, 15) is 9.59 Å². The highest BCUT2D eigenvalue weighted by Crippen LogP contribution is 2.36. The number of carbonyl (C=O) groups is 2. The zero-order valence-corrected chi connectivity index (χ0v) is 32.8. The molecule has 0 saturated heterocycles. The van der Waals surface area contributed by atoms with E-state index in [1.165, 1.54) is 101 Å². The van der Waals surface area contributed by atoms with Crippen molar-refractivity contribution >= 4 is 30.4 Å². The fourth-order valence-electron chi connectivity index (χ4n) is 6.93. The molecule has 0 heterocycles. The van der Waals surface area contributed by atoms with Gasteiger partial charge in [-0.3, -0.25) is 9.59 Å². The van der Waals surface area contributed by atoms with E-state index in [1.54, 1.807) is 0 Å². The van der Waals surface area contributed by atoms with Crippen molar-refractivity contribution in [1.29, 1.82) is 0 Å². The summed E-state index contributed by atoms with van der Waals surface area (Å²) in [4.78, 5) is 23.5. The Morgan fingerprint density at radius 1 is 0.551 bits per heavy atom. The van der Waals surface area contributed by atoms with Crippen molar-refractivity contribution in [1.82, 2.24) is 0 Å². The maximum atomic E-state index is 12.4. The molecule has 0 fully saturated rings. The number of allylic oxidation sites excluding steroid dienone is 2. The van der Waals surface area contributed by atoms with Crippen molar-refractivity contribution in [3.63, 3.8) is 0 Å². The standard InChI is InChI=1S/C44H70O4Si/c1-44(2,3)49(41-34-26-22-27-35-41,42-36-28-23-29-37-42)48-39-31-21-17-16-19-25-33-40(45)32-24-18-14-12-10-8-6-5-7-9-11-13-15-20-30-38-43(46)47-4/h5,7,22-23,26-29,34-37H,6,8-21,24-25,30-33,38-39H2,1-4H3/b7-5-. The van der Waals surface area contributed by atoms with Crippen molar-refractivity contribution in [2.75, 3.05) is 13.7 Å². The van der Waals surface area contributed by atoms with Crippen LogP contribution in [0.25, 0.3) is 0 Å². The topological polar surface area (TPSA) is 52.6 Å². The molecule has 0 amide bonds. The quantitative estimate of drug-likeness (QED) is 0.0369. The molecular weight excluding hydrogens is 621 g/mol. The van der Waals surface area contributed by atoms with Gasteiger partial charge in [0.05, 0.1) is 7.11 Å². The number of methoxy groups -OCH3 is 1. The summed E-state index contributed by atoms with van der Waals surface area (Å²) in [5.74, 6) is 0.372. The second kappa shape index (κ2) is 26.3. The lowest BCUT2D eigenvalue weighted by Gasteiger charge is -2.43. The molecule has 0 aromatic heterocycles. The van der Waals surface area contributed by atoms with Gasteiger partial charge in [0.2, 0.25) is 0 Å². The maximum Gasteiger partial charge on any atom is 0.305 e. The monoisotopic (exact) mass is 691 g/mol. The van der Waals surface area contributed by atoms with Crippen molar-refractivity contribution in [3.8, 4) is 0 Å². The first kappa shape index (κ1) is 42.7. The smallest absolute Gasteiger partial charge is 0.305 e. The Kier molecular flexibility index (Phi) is 22.9. The van der Waals surface area contributed by atoms with Gasteiger partial charge in [-0.2, -0.15) is 0 Å². The van der Waals surface area contributed by atoms with Crippen LogP contribution < -0.4 is 10.4 Å². The van der Waals surface area contributed by atoms with Crippen molar-refractivity contribution in [3.05, 3.63) is 72.8 Å². The molecule has 0 saturated carbocycles. The molecule has 49 heavy (non-hydrogen) atoms. The van der Waals surface area contributed by atoms with Gasteiger partial charge in [0.25, 0.3) is 8.32 Å². The number of Topliss-reactive ketones (excluding diaryl/α,β-unsaturated/α-hetero) is 1. The molecule has 4 nitrogen and oxygen atoms in total. The molecule has 2 aromatic rings. The Labute approximate surface area is 302 Å². The first-order valence-electron chi connectivity index (χ1n) is 19.8. The summed E-state index contributed by atoms with van der Waals surface area (Å²) in [6.07, 6.45) is 29.2. The first-order chi connectivity index (χ1) is 23.8. The second-order valence-corrected chi connectivity index (χ2v) is 19.2. The van der Waals surface area contributed by atoms with E-state index in [1.807, 2.05) is 0 Å². The van der Waals surface area contributed by atoms with Gasteiger partial charge in [-0.1, -0.05) is 164 Å². The Morgan fingerprint density at radius 2 is 0.939 bits per heavy atom. The van der Waals surface area contributed by atoms with Gasteiger partial charge in [-0.05, 0) is 66.8 Å². The summed E-state index contributed by atoms with van der Waals surface area (Å²) in [5, 5.41) is 2.72. The Bertz CT molecular complexity index is 1100. The van der Waals surface area contributed by atoms with E-state index in [0.29, 0.717) is 12.2 Å². The van der Waals surface area contributed by atoms with E-state index >= 15 is 0 Å². The predicted octanol–water partition coefficient (Wildman–Crippen LogP) is 11.4. The molecule has 0 unspecified atom stereocenters. The Balaban J connectivity index is 1.44. The Hall–Kier alpha value is -2.50. The second-order valence-electron chi connectivity index (χ2n) is 14.9. The molecule has 0 spiro atoms. The van der Waals surface area contributed by atoms with Crippen LogP contribution in [0.3, 0.4) is 0 Å². The van der Waals surface area contributed by atoms with Crippen LogP contribution in [0.2, 0.25) is 5.04 Å². The SMILES string of the molecule is COC(=O)CCCCCCC/C=C\CCCCCCCCC(=O)CCCCCCCCO[Si](c1ccccc1)(c1ccccc1)C(C)(C)C. The lowest BCUT2D eigenvalue weighted by molar-refractivity contribution is -0.140. The summed E-state index contributed by atoms with van der Waals surface area (Å²) >= 11 is 0. The zero-order chi connectivity index (χ0) is 35.5. The molecular formula is C44H70O4Si. The molecule has 5 heteroatoms. The number of rotatable bonds is 29. The summed E-state index contributed by atoms with van der Waals surface area (Å²) in [5.41, 5.74) is 0. The van der Waals surface area contributed by atoms with Crippen molar-refractivity contribution in [2.24, 2.45) is 0 Å². The van der Waals surface area contributed by atoms with Gasteiger partial charge in [-0.25, -0.2) is 0 Å². The van der Waals surface area contributed by atoms with Gasteiger partial charge in [-0.15, -0.1) is 0 Å². The number of carbonyl (C=O) groups excluding carboxylic acids is 2. The average molecular weight is 691 g/mol. The molecule has 0 aliphatic carbocycles. The lowest BCUT2D eigenvalue weighted by atomic mass is 10.0. The molecule has 0 atom stereocenters. The van der Waals surface area contributed by atoms with Crippen molar-refractivity contribution in [2.45, 2.75) is 167 Å². The fourth-order valence-corrected chi connectivity index (χ4v) is 11.5. The van der Waals surface area contributed by atoms with Crippen LogP contribution in [-0.4, -0.2) is 33.8 Å². The van der Waals surface area contributed by atoms with E-state index in [4.69, 9.17) is 4.43 Å². The van der Waals surface area contributed by atoms with Crippen LogP contribution in [0.4, 0.5) is 0 Å². The van der Waals surface area contributed by atoms with Crippen LogP contribution in [0.5, 0.6) is 0 Å². The number of ketones is 1. The van der Waals surface area contributed by atoms with Gasteiger partial charge in [0.1, 0.15) is 5.78 Å². The minimum absolute atomic E-state index is 0.0253. The molecule has 0 aliphatic heterocycles. The number of hydrogen-bond donors (Lipinski definition) is 0. The van der Waals surface area contributed by atoms with Gasteiger partial charge in [0, 0.05) is 25.9 Å². The third-order valence-corrected chi connectivity index (χ3v) is 14.9. The zero-order valence-electron chi connectivity index (χ0n) is 31.8. The van der Waals surface area contributed by atoms with Gasteiger partial charge >= 0.3 is 5.97 Å². The number of ether oxygens (including phenoxy) is 1. The minimum Gasteiger partial charge on any atom is -0.469 e. The van der Waals surface area contributed by atoms with E-state index in [2.05, 4.69) is 98.3 Å². The van der Waals surface area contributed by atoms with Gasteiger partial charge in [0.15, 0.2) is 0 Å². The first-order valence-corrected chi connectivity index (χ1v) is 21.7. The molecule has 0 radical (unpaired) electrons. The lowest BCUT2D eigenvalue weighted by Crippen LogP contribution is -2.66. The fraction of sp³-hybridized carbons (Fsp3) is 0.636. The van der Waals surface area contributed by atoms with E-state index in [-0.39, 0.29) is 11.0 Å². The highest BCUT2D eigenvalue weighted by atomic mass is 28.4.